The number of rotatable bonds is 3. The van der Waals surface area contributed by atoms with Gasteiger partial charge in [0.1, 0.15) is 0 Å². The Morgan fingerprint density at radius 1 is 0.923 bits per heavy atom. The first-order valence-electron chi connectivity index (χ1n) is 5.60. The Morgan fingerprint density at radius 3 is 1.69 bits per heavy atom. The van der Waals surface area contributed by atoms with E-state index < -0.39 is 0 Å². The Morgan fingerprint density at radius 2 is 1.38 bits per heavy atom. The molecule has 1 nitrogen and oxygen atoms in total. The number of aliphatic hydroxyl groups is 1. The second-order valence-electron chi connectivity index (χ2n) is 6.10. The third-order valence-electron chi connectivity index (χ3n) is 4.60. The fourth-order valence-electron chi connectivity index (χ4n) is 3.58. The molecule has 0 aromatic carbocycles. The molecule has 1 atom stereocenters. The minimum atomic E-state index is -0.0480. The molecule has 3 aliphatic carbocycles. The van der Waals surface area contributed by atoms with Gasteiger partial charge in [0.25, 0.3) is 0 Å². The van der Waals surface area contributed by atoms with E-state index in [9.17, 15) is 5.11 Å². The van der Waals surface area contributed by atoms with Crippen molar-refractivity contribution >= 4 is 0 Å². The molecule has 0 aliphatic heterocycles. The van der Waals surface area contributed by atoms with E-state index in [2.05, 4.69) is 27.7 Å². The highest BCUT2D eigenvalue weighted by Crippen LogP contribution is 2.77. The molecule has 76 valence electrons. The van der Waals surface area contributed by atoms with Crippen molar-refractivity contribution in [3.63, 3.8) is 0 Å². The zero-order chi connectivity index (χ0) is 9.85. The standard InChI is InChI=1S/C12H22O/c1-8(2)10(13)12-5-11(6-12,7-12)9(3)4/h8-10,13H,5-7H2,1-4H3. The summed E-state index contributed by atoms with van der Waals surface area (Å²) in [4.78, 5) is 0. The van der Waals surface area contributed by atoms with E-state index in [1.165, 1.54) is 19.3 Å². The molecule has 0 spiro atoms. The molecule has 0 radical (unpaired) electrons. The van der Waals surface area contributed by atoms with Gasteiger partial charge in [-0.2, -0.15) is 0 Å². The summed E-state index contributed by atoms with van der Waals surface area (Å²) in [5, 5.41) is 10.0. The van der Waals surface area contributed by atoms with Crippen LogP contribution in [-0.4, -0.2) is 11.2 Å². The minimum Gasteiger partial charge on any atom is -0.392 e. The maximum Gasteiger partial charge on any atom is 0.0619 e. The van der Waals surface area contributed by atoms with Crippen LogP contribution in [0.1, 0.15) is 47.0 Å². The van der Waals surface area contributed by atoms with Crippen molar-refractivity contribution in [2.75, 3.05) is 0 Å². The van der Waals surface area contributed by atoms with Crippen molar-refractivity contribution in [3.05, 3.63) is 0 Å². The van der Waals surface area contributed by atoms with Gasteiger partial charge in [-0.1, -0.05) is 27.7 Å². The average Bonchev–Trinajstić information content (AvgIpc) is 1.79. The number of hydrogen-bond donors (Lipinski definition) is 1. The molecule has 1 heteroatoms. The molecule has 0 aromatic heterocycles. The summed E-state index contributed by atoms with van der Waals surface area (Å²) < 4.78 is 0. The zero-order valence-corrected chi connectivity index (χ0v) is 9.30. The highest BCUT2D eigenvalue weighted by molar-refractivity contribution is 5.20. The van der Waals surface area contributed by atoms with Gasteiger partial charge in [-0.25, -0.2) is 0 Å². The molecule has 0 amide bonds. The van der Waals surface area contributed by atoms with Crippen LogP contribution in [0.2, 0.25) is 0 Å². The lowest BCUT2D eigenvalue weighted by molar-refractivity contribution is -0.281. The lowest BCUT2D eigenvalue weighted by Crippen LogP contribution is -2.69. The van der Waals surface area contributed by atoms with Gasteiger partial charge in [0.15, 0.2) is 0 Å². The summed E-state index contributed by atoms with van der Waals surface area (Å²) >= 11 is 0. The predicted molar refractivity (Wildman–Crippen MR) is 54.4 cm³/mol. The molecule has 13 heavy (non-hydrogen) atoms. The van der Waals surface area contributed by atoms with Crippen molar-refractivity contribution in [3.8, 4) is 0 Å². The van der Waals surface area contributed by atoms with Gasteiger partial charge in [-0.3, -0.25) is 0 Å². The third kappa shape index (κ3) is 1.03. The van der Waals surface area contributed by atoms with Crippen molar-refractivity contribution in [1.29, 1.82) is 0 Å². The van der Waals surface area contributed by atoms with E-state index in [1.807, 2.05) is 0 Å². The van der Waals surface area contributed by atoms with E-state index in [0.717, 1.165) is 5.92 Å². The SMILES string of the molecule is CC(C)C(O)C12CC(C(C)C)(C1)C2. The minimum absolute atomic E-state index is 0.0480. The van der Waals surface area contributed by atoms with Gasteiger partial charge in [0.2, 0.25) is 0 Å². The van der Waals surface area contributed by atoms with E-state index in [1.54, 1.807) is 0 Å². The highest BCUT2D eigenvalue weighted by Gasteiger charge is 2.71. The molecule has 0 heterocycles. The van der Waals surface area contributed by atoms with Crippen molar-refractivity contribution in [1.82, 2.24) is 0 Å². The summed E-state index contributed by atoms with van der Waals surface area (Å²) in [6.45, 7) is 8.91. The first kappa shape index (κ1) is 9.51. The second-order valence-corrected chi connectivity index (χ2v) is 6.10. The monoisotopic (exact) mass is 182 g/mol. The fourth-order valence-corrected chi connectivity index (χ4v) is 3.58. The summed E-state index contributed by atoms with van der Waals surface area (Å²) in [5.41, 5.74) is 0.980. The van der Waals surface area contributed by atoms with E-state index in [4.69, 9.17) is 0 Å². The van der Waals surface area contributed by atoms with Crippen LogP contribution in [0.4, 0.5) is 0 Å². The quantitative estimate of drug-likeness (QED) is 0.711. The summed E-state index contributed by atoms with van der Waals surface area (Å²) in [6.07, 6.45) is 3.82. The topological polar surface area (TPSA) is 20.2 Å². The van der Waals surface area contributed by atoms with Crippen LogP contribution in [0, 0.1) is 22.7 Å². The molecular weight excluding hydrogens is 160 g/mol. The largest absolute Gasteiger partial charge is 0.392 e. The molecule has 3 fully saturated rings. The first-order chi connectivity index (χ1) is 5.92. The lowest BCUT2D eigenvalue weighted by Gasteiger charge is -2.75. The third-order valence-corrected chi connectivity index (χ3v) is 4.60. The van der Waals surface area contributed by atoms with E-state index >= 15 is 0 Å². The lowest BCUT2D eigenvalue weighted by atomic mass is 9.30. The fraction of sp³-hybridized carbons (Fsp3) is 1.00. The van der Waals surface area contributed by atoms with Gasteiger partial charge < -0.3 is 5.11 Å². The number of aliphatic hydroxyl groups excluding tert-OH is 1. The predicted octanol–water partition coefficient (Wildman–Crippen LogP) is 2.83. The van der Waals surface area contributed by atoms with Crippen LogP contribution in [-0.2, 0) is 0 Å². The Balaban J connectivity index is 1.96. The molecule has 2 bridgehead atoms. The Bertz CT molecular complexity index is 197. The molecule has 0 aromatic rings. The highest BCUT2D eigenvalue weighted by atomic mass is 16.3. The van der Waals surface area contributed by atoms with Crippen molar-refractivity contribution < 1.29 is 5.11 Å². The van der Waals surface area contributed by atoms with Crippen molar-refractivity contribution in [2.45, 2.75) is 53.1 Å². The molecule has 3 aliphatic rings. The summed E-state index contributed by atoms with van der Waals surface area (Å²) in [7, 11) is 0. The number of hydrogen-bond acceptors (Lipinski definition) is 1. The Labute approximate surface area is 81.5 Å². The normalized spacial score (nSPS) is 44.5. The maximum absolute atomic E-state index is 10.0. The molecule has 1 unspecified atom stereocenters. The first-order valence-corrected chi connectivity index (χ1v) is 5.60. The van der Waals surface area contributed by atoms with Crippen LogP contribution >= 0.6 is 0 Å². The van der Waals surface area contributed by atoms with Gasteiger partial charge in [0.05, 0.1) is 6.10 Å². The smallest absolute Gasteiger partial charge is 0.0619 e. The van der Waals surface area contributed by atoms with Gasteiger partial charge in [-0.15, -0.1) is 0 Å². The average molecular weight is 182 g/mol. The molecule has 3 saturated carbocycles. The Kier molecular flexibility index (Phi) is 1.83. The van der Waals surface area contributed by atoms with Crippen molar-refractivity contribution in [2.24, 2.45) is 22.7 Å². The Hall–Kier alpha value is -0.0400. The van der Waals surface area contributed by atoms with Crippen LogP contribution in [0.15, 0.2) is 0 Å². The maximum atomic E-state index is 10.0. The van der Waals surface area contributed by atoms with Gasteiger partial charge in [0, 0.05) is 0 Å². The van der Waals surface area contributed by atoms with Crippen LogP contribution in [0.3, 0.4) is 0 Å². The van der Waals surface area contributed by atoms with Gasteiger partial charge in [-0.05, 0) is 41.9 Å². The summed E-state index contributed by atoms with van der Waals surface area (Å²) in [5.74, 6) is 1.25. The molecular formula is C12H22O. The van der Waals surface area contributed by atoms with Crippen LogP contribution < -0.4 is 0 Å². The molecule has 3 rings (SSSR count). The van der Waals surface area contributed by atoms with Crippen LogP contribution in [0.25, 0.3) is 0 Å². The van der Waals surface area contributed by atoms with E-state index in [0.29, 0.717) is 16.7 Å². The summed E-state index contributed by atoms with van der Waals surface area (Å²) in [6, 6.07) is 0. The molecule has 0 saturated heterocycles. The van der Waals surface area contributed by atoms with Gasteiger partial charge >= 0.3 is 0 Å². The zero-order valence-electron chi connectivity index (χ0n) is 9.30. The second kappa shape index (κ2) is 2.50. The van der Waals surface area contributed by atoms with Crippen LogP contribution in [0.5, 0.6) is 0 Å². The molecule has 1 N–H and O–H groups in total. The van der Waals surface area contributed by atoms with E-state index in [-0.39, 0.29) is 6.10 Å².